The Morgan fingerprint density at radius 2 is 1.33 bits per heavy atom. The molecule has 0 radical (unpaired) electrons. The number of carbonyl (C=O) groups is 1. The second kappa shape index (κ2) is 17.3. The summed E-state index contributed by atoms with van der Waals surface area (Å²) in [7, 11) is 0. The molecule has 0 aliphatic rings. The molecule has 0 aliphatic heterocycles. The van der Waals surface area contributed by atoms with Gasteiger partial charge in [-0.15, -0.1) is 0 Å². The van der Waals surface area contributed by atoms with Crippen LogP contribution in [0.4, 0.5) is 0 Å². The average Bonchev–Trinajstić information content (AvgIpc) is 2.56. The van der Waals surface area contributed by atoms with E-state index in [1.165, 1.54) is 70.6 Å². The highest BCUT2D eigenvalue weighted by molar-refractivity contribution is 5.73. The molecule has 2 atom stereocenters. The lowest BCUT2D eigenvalue weighted by Gasteiger charge is -2.19. The molecule has 0 aromatic heterocycles. The number of carbonyl (C=O) groups excluding carboxylic acids is 1. The lowest BCUT2D eigenvalue weighted by molar-refractivity contribution is -0.118. The predicted molar refractivity (Wildman–Crippen MR) is 104 cm³/mol. The van der Waals surface area contributed by atoms with E-state index in [0.29, 0.717) is 12.3 Å². The van der Waals surface area contributed by atoms with Gasteiger partial charge in [0.1, 0.15) is 0 Å². The number of rotatable bonds is 18. The first-order chi connectivity index (χ1) is 11.6. The van der Waals surface area contributed by atoms with Crippen LogP contribution < -0.4 is 5.73 Å². The van der Waals surface area contributed by atoms with E-state index in [9.17, 15) is 9.90 Å². The van der Waals surface area contributed by atoms with E-state index in [-0.39, 0.29) is 12.0 Å². The Kier molecular flexibility index (Phi) is 16.8. The number of hydrogen-bond acceptors (Lipinski definition) is 2. The van der Waals surface area contributed by atoms with E-state index in [1.807, 2.05) is 6.92 Å². The van der Waals surface area contributed by atoms with Gasteiger partial charge in [-0.25, -0.2) is 0 Å². The zero-order chi connectivity index (χ0) is 18.0. The van der Waals surface area contributed by atoms with Gasteiger partial charge in [-0.1, -0.05) is 90.9 Å². The van der Waals surface area contributed by atoms with Gasteiger partial charge in [0.25, 0.3) is 0 Å². The van der Waals surface area contributed by atoms with E-state index in [1.54, 1.807) is 0 Å². The molecule has 24 heavy (non-hydrogen) atoms. The van der Waals surface area contributed by atoms with Gasteiger partial charge in [0.15, 0.2) is 0 Å². The van der Waals surface area contributed by atoms with Crippen molar-refractivity contribution < 1.29 is 9.90 Å². The molecule has 144 valence electrons. The highest BCUT2D eigenvalue weighted by atomic mass is 16.3. The van der Waals surface area contributed by atoms with Gasteiger partial charge >= 0.3 is 0 Å². The minimum atomic E-state index is -0.226. The summed E-state index contributed by atoms with van der Waals surface area (Å²) in [5, 5.41) is 9.85. The third-order valence-electron chi connectivity index (χ3n) is 5.09. The highest BCUT2D eigenvalue weighted by Gasteiger charge is 2.14. The van der Waals surface area contributed by atoms with Crippen molar-refractivity contribution in [2.75, 3.05) is 0 Å². The molecule has 0 aromatic rings. The summed E-state index contributed by atoms with van der Waals surface area (Å²) in [4.78, 5) is 11.0. The standard InChI is InChI=1S/C21H43NO2/c1-3-5-6-7-8-9-10-11-12-13-14-15-19(16-17-21(22)24)18-20(23)4-2/h19-20,23H,3-18H2,1-2H3,(H2,22,24). The van der Waals surface area contributed by atoms with Crippen LogP contribution in [0.2, 0.25) is 0 Å². The molecule has 0 saturated heterocycles. The van der Waals surface area contributed by atoms with Crippen molar-refractivity contribution in [2.24, 2.45) is 11.7 Å². The summed E-state index contributed by atoms with van der Waals surface area (Å²) in [5.74, 6) is 0.232. The van der Waals surface area contributed by atoms with Gasteiger partial charge in [-0.3, -0.25) is 4.79 Å². The Morgan fingerprint density at radius 1 is 0.833 bits per heavy atom. The van der Waals surface area contributed by atoms with Crippen LogP contribution in [-0.4, -0.2) is 17.1 Å². The Hall–Kier alpha value is -0.570. The third kappa shape index (κ3) is 16.3. The molecule has 0 heterocycles. The number of primary amides is 1. The summed E-state index contributed by atoms with van der Waals surface area (Å²) in [6.45, 7) is 4.28. The monoisotopic (exact) mass is 341 g/mol. The van der Waals surface area contributed by atoms with Crippen molar-refractivity contribution in [1.82, 2.24) is 0 Å². The van der Waals surface area contributed by atoms with E-state index in [4.69, 9.17) is 5.73 Å². The Morgan fingerprint density at radius 3 is 1.79 bits per heavy atom. The SMILES string of the molecule is CCCCCCCCCCCCCC(CCC(N)=O)CC(O)CC. The molecule has 0 aromatic carbocycles. The fourth-order valence-electron chi connectivity index (χ4n) is 3.38. The zero-order valence-electron chi connectivity index (χ0n) is 16.4. The highest BCUT2D eigenvalue weighted by Crippen LogP contribution is 2.22. The lowest BCUT2D eigenvalue weighted by atomic mass is 9.90. The van der Waals surface area contributed by atoms with Gasteiger partial charge in [0.2, 0.25) is 5.91 Å². The van der Waals surface area contributed by atoms with E-state index >= 15 is 0 Å². The smallest absolute Gasteiger partial charge is 0.217 e. The van der Waals surface area contributed by atoms with Crippen molar-refractivity contribution in [3.8, 4) is 0 Å². The molecular formula is C21H43NO2. The van der Waals surface area contributed by atoms with Crippen LogP contribution in [-0.2, 0) is 4.79 Å². The molecule has 1 amide bonds. The molecule has 0 saturated carbocycles. The maximum atomic E-state index is 11.0. The van der Waals surface area contributed by atoms with Crippen LogP contribution in [0.5, 0.6) is 0 Å². The first kappa shape index (κ1) is 23.4. The summed E-state index contributed by atoms with van der Waals surface area (Å²) < 4.78 is 0. The molecule has 3 N–H and O–H groups in total. The largest absolute Gasteiger partial charge is 0.393 e. The van der Waals surface area contributed by atoms with Crippen molar-refractivity contribution in [3.05, 3.63) is 0 Å². The van der Waals surface area contributed by atoms with Crippen molar-refractivity contribution in [2.45, 2.75) is 123 Å². The molecule has 3 nitrogen and oxygen atoms in total. The first-order valence-corrected chi connectivity index (χ1v) is 10.6. The number of aliphatic hydroxyl groups is 1. The van der Waals surface area contributed by atoms with E-state index < -0.39 is 0 Å². The lowest BCUT2D eigenvalue weighted by Crippen LogP contribution is -2.17. The average molecular weight is 342 g/mol. The minimum Gasteiger partial charge on any atom is -0.393 e. The first-order valence-electron chi connectivity index (χ1n) is 10.6. The number of hydrogen-bond donors (Lipinski definition) is 2. The molecule has 0 bridgehead atoms. The third-order valence-corrected chi connectivity index (χ3v) is 5.09. The normalized spacial score (nSPS) is 13.8. The molecule has 2 unspecified atom stereocenters. The van der Waals surface area contributed by atoms with Gasteiger partial charge in [0, 0.05) is 6.42 Å². The summed E-state index contributed by atoms with van der Waals surface area (Å²) in [6.07, 6.45) is 18.7. The summed E-state index contributed by atoms with van der Waals surface area (Å²) in [6, 6.07) is 0. The molecular weight excluding hydrogens is 298 g/mol. The van der Waals surface area contributed by atoms with Gasteiger partial charge in [-0.05, 0) is 25.2 Å². The second-order valence-electron chi connectivity index (χ2n) is 7.49. The molecule has 0 spiro atoms. The van der Waals surface area contributed by atoms with E-state index in [2.05, 4.69) is 6.92 Å². The van der Waals surface area contributed by atoms with Crippen LogP contribution >= 0.6 is 0 Å². The maximum absolute atomic E-state index is 11.0. The Balaban J connectivity index is 3.59. The Labute approximate surface area is 150 Å². The minimum absolute atomic E-state index is 0.218. The predicted octanol–water partition coefficient (Wildman–Crippen LogP) is 5.73. The van der Waals surface area contributed by atoms with Gasteiger partial charge in [-0.2, -0.15) is 0 Å². The second-order valence-corrected chi connectivity index (χ2v) is 7.49. The number of aliphatic hydroxyl groups excluding tert-OH is 1. The van der Waals surface area contributed by atoms with Crippen LogP contribution in [0.25, 0.3) is 0 Å². The maximum Gasteiger partial charge on any atom is 0.217 e. The number of amides is 1. The van der Waals surface area contributed by atoms with Crippen LogP contribution in [0.15, 0.2) is 0 Å². The van der Waals surface area contributed by atoms with E-state index in [0.717, 1.165) is 25.7 Å². The zero-order valence-corrected chi connectivity index (χ0v) is 16.4. The van der Waals surface area contributed by atoms with Crippen LogP contribution in [0, 0.1) is 5.92 Å². The molecule has 0 rings (SSSR count). The fraction of sp³-hybridized carbons (Fsp3) is 0.952. The number of nitrogens with two attached hydrogens (primary N) is 1. The van der Waals surface area contributed by atoms with Crippen LogP contribution in [0.3, 0.4) is 0 Å². The molecule has 3 heteroatoms. The van der Waals surface area contributed by atoms with Crippen molar-refractivity contribution in [3.63, 3.8) is 0 Å². The molecule has 0 aliphatic carbocycles. The van der Waals surface area contributed by atoms with Gasteiger partial charge in [0.05, 0.1) is 6.10 Å². The fourth-order valence-corrected chi connectivity index (χ4v) is 3.38. The number of unbranched alkanes of at least 4 members (excludes halogenated alkanes) is 10. The summed E-state index contributed by atoms with van der Waals surface area (Å²) >= 11 is 0. The van der Waals surface area contributed by atoms with Crippen molar-refractivity contribution >= 4 is 5.91 Å². The van der Waals surface area contributed by atoms with Gasteiger partial charge < -0.3 is 10.8 Å². The Bertz CT molecular complexity index is 281. The van der Waals surface area contributed by atoms with Crippen LogP contribution in [0.1, 0.15) is 117 Å². The van der Waals surface area contributed by atoms with Crippen molar-refractivity contribution in [1.29, 1.82) is 0 Å². The topological polar surface area (TPSA) is 63.3 Å². The molecule has 0 fully saturated rings. The summed E-state index contributed by atoms with van der Waals surface area (Å²) in [5.41, 5.74) is 5.26. The quantitative estimate of drug-likeness (QED) is 0.313.